The van der Waals surface area contributed by atoms with Gasteiger partial charge >= 0.3 is 12.1 Å². The number of carbonyl (C=O) groups excluding carboxylic acids is 1. The van der Waals surface area contributed by atoms with Crippen LogP contribution in [-0.2, 0) is 20.8 Å². The number of hydrogen-bond donors (Lipinski definition) is 1. The summed E-state index contributed by atoms with van der Waals surface area (Å²) in [5, 5.41) is 9.72. The third-order valence-corrected chi connectivity index (χ3v) is 7.04. The normalized spacial score (nSPS) is 14.7. The van der Waals surface area contributed by atoms with Gasteiger partial charge in [0.05, 0.1) is 12.2 Å². The lowest BCUT2D eigenvalue weighted by atomic mass is 9.99. The predicted octanol–water partition coefficient (Wildman–Crippen LogP) is 8.03. The number of ether oxygens (including phenoxy) is 5. The topological polar surface area (TPSA) is 101 Å². The first-order valence-electron chi connectivity index (χ1n) is 14.8. The Morgan fingerprint density at radius 3 is 2.24 bits per heavy atom. The quantitative estimate of drug-likeness (QED) is 0.104. The number of aromatic carboxylic acids is 1. The number of hydrogen-bond acceptors (Lipinski definition) is 7. The van der Waals surface area contributed by atoms with Crippen LogP contribution in [0.4, 0.5) is 4.79 Å². The number of benzene rings is 3. The van der Waals surface area contributed by atoms with Gasteiger partial charge in [-0.25, -0.2) is 9.59 Å². The lowest BCUT2D eigenvalue weighted by Gasteiger charge is -2.22. The SMILES string of the molecule is O=C(OCc1ccccc1)Oc1ccc(-c2cc(OCCCCCCCCOC3CCCCO3)ccc2C(=O)O)cc1. The number of carboxylic acid groups (broad SMARTS) is 1. The summed E-state index contributed by atoms with van der Waals surface area (Å²) in [4.78, 5) is 23.9. The first kappa shape index (κ1) is 31.1. The molecule has 42 heavy (non-hydrogen) atoms. The molecular formula is C34H40O8. The third-order valence-electron chi connectivity index (χ3n) is 7.04. The van der Waals surface area contributed by atoms with E-state index in [1.54, 1.807) is 42.5 Å². The molecule has 0 spiro atoms. The lowest BCUT2D eigenvalue weighted by molar-refractivity contribution is -0.162. The van der Waals surface area contributed by atoms with E-state index in [2.05, 4.69) is 0 Å². The molecule has 1 fully saturated rings. The Balaban J connectivity index is 1.18. The van der Waals surface area contributed by atoms with Gasteiger partial charge < -0.3 is 28.8 Å². The number of unbranched alkanes of at least 4 members (excludes halogenated alkanes) is 5. The summed E-state index contributed by atoms with van der Waals surface area (Å²) in [6.07, 6.45) is 9.02. The monoisotopic (exact) mass is 576 g/mol. The van der Waals surface area contributed by atoms with E-state index in [1.165, 1.54) is 6.42 Å². The van der Waals surface area contributed by atoms with Crippen molar-refractivity contribution in [2.24, 2.45) is 0 Å². The minimum atomic E-state index is -1.03. The molecular weight excluding hydrogens is 536 g/mol. The first-order chi connectivity index (χ1) is 20.6. The van der Waals surface area contributed by atoms with E-state index in [-0.39, 0.29) is 18.5 Å². The van der Waals surface area contributed by atoms with Crippen LogP contribution in [0.5, 0.6) is 11.5 Å². The Morgan fingerprint density at radius 1 is 0.810 bits per heavy atom. The fourth-order valence-electron chi connectivity index (χ4n) is 4.74. The molecule has 1 heterocycles. The maximum atomic E-state index is 12.1. The highest BCUT2D eigenvalue weighted by atomic mass is 16.7. The van der Waals surface area contributed by atoms with Crippen molar-refractivity contribution in [2.75, 3.05) is 19.8 Å². The first-order valence-corrected chi connectivity index (χ1v) is 14.8. The van der Waals surface area contributed by atoms with Gasteiger partial charge in [-0.2, -0.15) is 0 Å². The molecule has 8 heteroatoms. The van der Waals surface area contributed by atoms with Gasteiger partial charge in [0.1, 0.15) is 18.1 Å². The van der Waals surface area contributed by atoms with Crippen LogP contribution < -0.4 is 9.47 Å². The number of carbonyl (C=O) groups is 2. The molecule has 8 nitrogen and oxygen atoms in total. The van der Waals surface area contributed by atoms with Crippen molar-refractivity contribution in [3.8, 4) is 22.6 Å². The van der Waals surface area contributed by atoms with Gasteiger partial charge in [-0.15, -0.1) is 0 Å². The van der Waals surface area contributed by atoms with Crippen molar-refractivity contribution >= 4 is 12.1 Å². The highest BCUT2D eigenvalue weighted by Crippen LogP contribution is 2.30. The van der Waals surface area contributed by atoms with Gasteiger partial charge in [-0.05, 0) is 79.1 Å². The van der Waals surface area contributed by atoms with Crippen molar-refractivity contribution in [1.82, 2.24) is 0 Å². The summed E-state index contributed by atoms with van der Waals surface area (Å²) in [5.41, 5.74) is 2.22. The van der Waals surface area contributed by atoms with E-state index in [9.17, 15) is 14.7 Å². The predicted molar refractivity (Wildman–Crippen MR) is 159 cm³/mol. The van der Waals surface area contributed by atoms with Gasteiger partial charge in [0.2, 0.25) is 0 Å². The zero-order chi connectivity index (χ0) is 29.4. The zero-order valence-corrected chi connectivity index (χ0v) is 24.0. The van der Waals surface area contributed by atoms with E-state index >= 15 is 0 Å². The highest BCUT2D eigenvalue weighted by molar-refractivity contribution is 5.96. The van der Waals surface area contributed by atoms with Crippen LogP contribution >= 0.6 is 0 Å². The second-order valence-corrected chi connectivity index (χ2v) is 10.3. The van der Waals surface area contributed by atoms with Crippen molar-refractivity contribution in [3.05, 3.63) is 83.9 Å². The third kappa shape index (κ3) is 10.5. The Hall–Kier alpha value is -3.88. The Kier molecular flexibility index (Phi) is 12.7. The number of rotatable bonds is 16. The van der Waals surface area contributed by atoms with Crippen LogP contribution in [0.1, 0.15) is 73.7 Å². The molecule has 1 atom stereocenters. The fraction of sp³-hybridized carbons (Fsp3) is 0.412. The van der Waals surface area contributed by atoms with Crippen molar-refractivity contribution in [1.29, 1.82) is 0 Å². The van der Waals surface area contributed by atoms with Crippen LogP contribution in [0.2, 0.25) is 0 Å². The molecule has 0 saturated carbocycles. The zero-order valence-electron chi connectivity index (χ0n) is 24.0. The molecule has 3 aromatic carbocycles. The molecule has 224 valence electrons. The Morgan fingerprint density at radius 2 is 1.52 bits per heavy atom. The molecule has 0 aliphatic carbocycles. The standard InChI is InChI=1S/C34H40O8/c35-33(36)30-20-19-29(38-21-9-3-1-2-4-10-22-39-32-14-8-11-23-40-32)24-31(30)27-15-17-28(18-16-27)42-34(37)41-25-26-12-6-5-7-13-26/h5-7,12-13,15-20,24,32H,1-4,8-11,14,21-23,25H2,(H,35,36). The summed E-state index contributed by atoms with van der Waals surface area (Å²) in [6, 6.07) is 20.9. The lowest BCUT2D eigenvalue weighted by Crippen LogP contribution is -2.22. The largest absolute Gasteiger partial charge is 0.514 e. The molecule has 0 aromatic heterocycles. The highest BCUT2D eigenvalue weighted by Gasteiger charge is 2.15. The Bertz CT molecular complexity index is 1240. The average molecular weight is 577 g/mol. The smallest absolute Gasteiger partial charge is 0.494 e. The van der Waals surface area contributed by atoms with Crippen LogP contribution in [0.25, 0.3) is 11.1 Å². The van der Waals surface area contributed by atoms with Crippen molar-refractivity contribution in [3.63, 3.8) is 0 Å². The average Bonchev–Trinajstić information content (AvgIpc) is 3.02. The molecule has 0 bridgehead atoms. The summed E-state index contributed by atoms with van der Waals surface area (Å²) in [7, 11) is 0. The second kappa shape index (κ2) is 17.2. The van der Waals surface area contributed by atoms with Crippen molar-refractivity contribution < 1.29 is 38.4 Å². The van der Waals surface area contributed by atoms with Gasteiger partial charge in [0.15, 0.2) is 6.29 Å². The molecule has 1 aliphatic heterocycles. The van der Waals surface area contributed by atoms with E-state index in [0.717, 1.165) is 70.1 Å². The van der Waals surface area contributed by atoms with Crippen molar-refractivity contribution in [2.45, 2.75) is 70.7 Å². The molecule has 0 amide bonds. The molecule has 1 saturated heterocycles. The molecule has 3 aromatic rings. The summed E-state index contributed by atoms with van der Waals surface area (Å²) in [5.74, 6) is -0.119. The van der Waals surface area contributed by atoms with Gasteiger partial charge in [-0.1, -0.05) is 68.1 Å². The molecule has 1 unspecified atom stereocenters. The maximum Gasteiger partial charge on any atom is 0.514 e. The summed E-state index contributed by atoms with van der Waals surface area (Å²) < 4.78 is 27.7. The van der Waals surface area contributed by atoms with Gasteiger partial charge in [0, 0.05) is 13.2 Å². The number of carboxylic acids is 1. The second-order valence-electron chi connectivity index (χ2n) is 10.3. The van der Waals surface area contributed by atoms with E-state index in [0.29, 0.717) is 29.2 Å². The minimum absolute atomic E-state index is 0.00417. The molecule has 1 N–H and O–H groups in total. The van der Waals surface area contributed by atoms with Crippen LogP contribution in [0, 0.1) is 0 Å². The van der Waals surface area contributed by atoms with Crippen LogP contribution in [0.3, 0.4) is 0 Å². The van der Waals surface area contributed by atoms with E-state index in [1.807, 2.05) is 30.3 Å². The van der Waals surface area contributed by atoms with Crippen LogP contribution in [0.15, 0.2) is 72.8 Å². The summed E-state index contributed by atoms with van der Waals surface area (Å²) in [6.45, 7) is 2.25. The van der Waals surface area contributed by atoms with Crippen LogP contribution in [-0.4, -0.2) is 43.3 Å². The molecule has 1 aliphatic rings. The van der Waals surface area contributed by atoms with E-state index < -0.39 is 12.1 Å². The molecule has 4 rings (SSSR count). The van der Waals surface area contributed by atoms with E-state index in [4.69, 9.17) is 23.7 Å². The van der Waals surface area contributed by atoms with Gasteiger partial charge in [0.25, 0.3) is 0 Å². The summed E-state index contributed by atoms with van der Waals surface area (Å²) >= 11 is 0. The van der Waals surface area contributed by atoms with Gasteiger partial charge in [-0.3, -0.25) is 0 Å². The fourth-order valence-corrected chi connectivity index (χ4v) is 4.74. The minimum Gasteiger partial charge on any atom is -0.494 e. The molecule has 0 radical (unpaired) electrons. The maximum absolute atomic E-state index is 12.1. The Labute approximate surface area is 247 Å².